The Morgan fingerprint density at radius 1 is 0.689 bits per heavy atom. The molecule has 312 valence electrons. The number of hydrogen-bond acceptors (Lipinski definition) is 8. The van der Waals surface area contributed by atoms with Crippen LogP contribution in [0.3, 0.4) is 0 Å². The molecule has 15 nitrogen and oxygen atoms in total. The number of imidazole rings is 2. The van der Waals surface area contributed by atoms with E-state index in [9.17, 15) is 24.3 Å². The third-order valence-corrected chi connectivity index (χ3v) is 11.2. The number of hydrogen-bond donors (Lipinski definition) is 5. The summed E-state index contributed by atoms with van der Waals surface area (Å²) in [6, 6.07) is 31.2. The van der Waals surface area contributed by atoms with Crippen LogP contribution in [0.2, 0.25) is 0 Å². The SMILES string of the molecule is COC(=O)N[C@@H](C(=O)N1CCC[C@H]1c1ncc(-c2ccc(COc3ccc(-c4cnc([C@@H]5CCCN5C(=O)[C@H](NC(=O)O)c5ccccc5)[nH]4)cc3)cc2)[nH]1)c1ccccc1. The maximum Gasteiger partial charge on any atom is 0.407 e. The summed E-state index contributed by atoms with van der Waals surface area (Å²) < 4.78 is 10.9. The third kappa shape index (κ3) is 9.10. The lowest BCUT2D eigenvalue weighted by atomic mass is 10.1. The van der Waals surface area contributed by atoms with Crippen molar-refractivity contribution in [2.24, 2.45) is 0 Å². The number of H-pyrrole nitrogens is 2. The number of nitrogens with zero attached hydrogens (tertiary/aromatic N) is 4. The Morgan fingerprint density at radius 2 is 1.16 bits per heavy atom. The van der Waals surface area contributed by atoms with E-state index in [1.54, 1.807) is 46.5 Å². The molecule has 4 amide bonds. The number of likely N-dealkylation sites (tertiary alicyclic amines) is 2. The highest BCUT2D eigenvalue weighted by molar-refractivity contribution is 5.88. The van der Waals surface area contributed by atoms with Crippen LogP contribution < -0.4 is 15.4 Å². The smallest absolute Gasteiger partial charge is 0.407 e. The zero-order chi connectivity index (χ0) is 42.3. The summed E-state index contributed by atoms with van der Waals surface area (Å²) in [5, 5.41) is 14.6. The van der Waals surface area contributed by atoms with Crippen molar-refractivity contribution in [1.29, 1.82) is 0 Å². The first-order valence-electron chi connectivity index (χ1n) is 20.2. The molecule has 0 unspecified atom stereocenters. The summed E-state index contributed by atoms with van der Waals surface area (Å²) in [5.74, 6) is 1.50. The normalized spacial score (nSPS) is 17.1. The molecule has 6 aromatic rings. The number of carbonyl (C=O) groups excluding carboxylic acids is 3. The molecule has 2 fully saturated rings. The second-order valence-electron chi connectivity index (χ2n) is 15.0. The molecule has 2 aliphatic heterocycles. The van der Waals surface area contributed by atoms with Crippen LogP contribution in [0, 0.1) is 0 Å². The standard InChI is InChI=1S/C46H46N8O7/c1-60-46(59)52-40(33-12-6-3-7-13-33)44(56)54-25-9-15-38(54)42-47-26-35(49-42)30-18-16-29(17-19-30)28-61-34-22-20-31(21-23-34)36-27-48-41(50-36)37-14-8-24-53(37)43(55)39(51-45(57)58)32-10-4-2-5-11-32/h2-7,10-13,16-23,26-27,37-40,51H,8-9,14-15,24-25,28H2,1H3,(H,47,49)(H,48,50)(H,52,59)(H,57,58)/t37-,38-,39+,40+/m0/s1. The number of benzene rings is 4. The summed E-state index contributed by atoms with van der Waals surface area (Å²) in [4.78, 5) is 71.0. The highest BCUT2D eigenvalue weighted by Crippen LogP contribution is 2.36. The lowest BCUT2D eigenvalue weighted by Gasteiger charge is -2.28. The minimum atomic E-state index is -1.26. The van der Waals surface area contributed by atoms with Gasteiger partial charge in [-0.1, -0.05) is 84.9 Å². The van der Waals surface area contributed by atoms with Crippen LogP contribution in [0.15, 0.2) is 122 Å². The van der Waals surface area contributed by atoms with Crippen molar-refractivity contribution in [3.05, 3.63) is 150 Å². The van der Waals surface area contributed by atoms with Gasteiger partial charge in [0.05, 0.1) is 43.0 Å². The van der Waals surface area contributed by atoms with E-state index in [0.29, 0.717) is 54.6 Å². The zero-order valence-corrected chi connectivity index (χ0v) is 33.5. The van der Waals surface area contributed by atoms with Crippen LogP contribution >= 0.6 is 0 Å². The summed E-state index contributed by atoms with van der Waals surface area (Å²) >= 11 is 0. The van der Waals surface area contributed by atoms with E-state index in [2.05, 4.69) is 30.6 Å². The fourth-order valence-corrected chi connectivity index (χ4v) is 8.11. The monoisotopic (exact) mass is 822 g/mol. The van der Waals surface area contributed by atoms with Gasteiger partial charge in [0, 0.05) is 13.1 Å². The molecule has 61 heavy (non-hydrogen) atoms. The number of carboxylic acid groups (broad SMARTS) is 1. The fourth-order valence-electron chi connectivity index (χ4n) is 8.11. The number of alkyl carbamates (subject to hydrolysis) is 1. The molecule has 0 saturated carbocycles. The first kappa shape index (κ1) is 40.4. The van der Waals surface area contributed by atoms with Crippen LogP contribution in [0.5, 0.6) is 5.75 Å². The van der Waals surface area contributed by atoms with E-state index in [-0.39, 0.29) is 23.9 Å². The van der Waals surface area contributed by atoms with Crippen molar-refractivity contribution < 1.29 is 33.8 Å². The van der Waals surface area contributed by atoms with Crippen molar-refractivity contribution in [2.45, 2.75) is 56.5 Å². The van der Waals surface area contributed by atoms with Gasteiger partial charge in [-0.15, -0.1) is 0 Å². The van der Waals surface area contributed by atoms with Gasteiger partial charge in [0.15, 0.2) is 0 Å². The number of methoxy groups -OCH3 is 1. The van der Waals surface area contributed by atoms with Crippen LogP contribution in [0.4, 0.5) is 9.59 Å². The lowest BCUT2D eigenvalue weighted by Crippen LogP contribution is -2.42. The van der Waals surface area contributed by atoms with Crippen molar-refractivity contribution >= 4 is 24.0 Å². The molecule has 4 atom stereocenters. The molecule has 0 spiro atoms. The zero-order valence-electron chi connectivity index (χ0n) is 33.5. The van der Waals surface area contributed by atoms with Gasteiger partial charge in [0.25, 0.3) is 11.8 Å². The summed E-state index contributed by atoms with van der Waals surface area (Å²) in [6.07, 6.45) is 4.62. The Balaban J connectivity index is 0.869. The summed E-state index contributed by atoms with van der Waals surface area (Å²) in [7, 11) is 1.27. The molecule has 0 radical (unpaired) electrons. The molecular weight excluding hydrogens is 777 g/mol. The maximum absolute atomic E-state index is 13.9. The third-order valence-electron chi connectivity index (χ3n) is 11.2. The van der Waals surface area contributed by atoms with Crippen molar-refractivity contribution in [3.8, 4) is 28.3 Å². The Kier molecular flexibility index (Phi) is 12.1. The van der Waals surface area contributed by atoms with E-state index in [0.717, 1.165) is 47.3 Å². The van der Waals surface area contributed by atoms with Crippen LogP contribution in [0.25, 0.3) is 22.5 Å². The second kappa shape index (κ2) is 18.2. The molecule has 2 saturated heterocycles. The Labute approximate surface area is 352 Å². The van der Waals surface area contributed by atoms with Crippen molar-refractivity contribution in [2.75, 3.05) is 20.2 Å². The van der Waals surface area contributed by atoms with Crippen LogP contribution in [-0.4, -0.2) is 79.0 Å². The molecule has 2 aromatic heterocycles. The van der Waals surface area contributed by atoms with Crippen LogP contribution in [-0.2, 0) is 20.9 Å². The molecule has 8 rings (SSSR count). The predicted octanol–water partition coefficient (Wildman–Crippen LogP) is 7.48. The van der Waals surface area contributed by atoms with Crippen LogP contribution in [0.1, 0.15) is 78.2 Å². The first-order valence-corrected chi connectivity index (χ1v) is 20.2. The molecule has 0 bridgehead atoms. The van der Waals surface area contributed by atoms with E-state index in [4.69, 9.17) is 9.47 Å². The molecule has 2 aliphatic rings. The highest BCUT2D eigenvalue weighted by atomic mass is 16.5. The van der Waals surface area contributed by atoms with E-state index in [1.165, 1.54) is 7.11 Å². The molecule has 5 N–H and O–H groups in total. The first-order chi connectivity index (χ1) is 29.7. The van der Waals surface area contributed by atoms with E-state index in [1.807, 2.05) is 84.9 Å². The number of amides is 4. The summed E-state index contributed by atoms with van der Waals surface area (Å²) in [6.45, 7) is 1.40. The van der Waals surface area contributed by atoms with Gasteiger partial charge in [-0.3, -0.25) is 9.59 Å². The molecule has 4 aromatic carbocycles. The van der Waals surface area contributed by atoms with Gasteiger partial charge in [-0.25, -0.2) is 19.6 Å². The Morgan fingerprint density at radius 3 is 1.64 bits per heavy atom. The summed E-state index contributed by atoms with van der Waals surface area (Å²) in [5.41, 5.74) is 5.69. The van der Waals surface area contributed by atoms with Gasteiger partial charge in [-0.05, 0) is 77.8 Å². The van der Waals surface area contributed by atoms with Gasteiger partial charge < -0.3 is 45.0 Å². The number of nitrogens with one attached hydrogen (secondary N) is 4. The van der Waals surface area contributed by atoms with E-state index < -0.39 is 24.3 Å². The second-order valence-corrected chi connectivity index (χ2v) is 15.0. The minimum Gasteiger partial charge on any atom is -0.489 e. The highest BCUT2D eigenvalue weighted by Gasteiger charge is 2.38. The average Bonchev–Trinajstić information content (AvgIpc) is 4.15. The van der Waals surface area contributed by atoms with Crippen molar-refractivity contribution in [3.63, 3.8) is 0 Å². The number of carbonyl (C=O) groups is 4. The fraction of sp³-hybridized carbons (Fsp3) is 0.261. The number of aromatic amines is 2. The number of aromatic nitrogens is 4. The lowest BCUT2D eigenvalue weighted by molar-refractivity contribution is -0.135. The van der Waals surface area contributed by atoms with Crippen molar-refractivity contribution in [1.82, 2.24) is 40.4 Å². The number of rotatable bonds is 13. The number of ether oxygens (including phenoxy) is 2. The maximum atomic E-state index is 13.9. The Bertz CT molecular complexity index is 2460. The molecular formula is C46H46N8O7. The largest absolute Gasteiger partial charge is 0.489 e. The average molecular weight is 823 g/mol. The predicted molar refractivity (Wildman–Crippen MR) is 225 cm³/mol. The molecule has 0 aliphatic carbocycles. The van der Waals surface area contributed by atoms with Gasteiger partial charge in [0.2, 0.25) is 0 Å². The topological polar surface area (TPSA) is 195 Å². The van der Waals surface area contributed by atoms with Gasteiger partial charge >= 0.3 is 12.2 Å². The minimum absolute atomic E-state index is 0.223. The van der Waals surface area contributed by atoms with E-state index >= 15 is 0 Å². The Hall–Kier alpha value is -7.42. The van der Waals surface area contributed by atoms with Gasteiger partial charge in [0.1, 0.15) is 36.1 Å². The quantitative estimate of drug-likeness (QED) is 0.0785. The van der Waals surface area contributed by atoms with Gasteiger partial charge in [-0.2, -0.15) is 0 Å². The molecule has 4 heterocycles. The molecule has 15 heteroatoms.